The Hall–Kier alpha value is -6.01. The van der Waals surface area contributed by atoms with Gasteiger partial charge in [0.1, 0.15) is 48.3 Å². The number of ketones is 3. The number of unbranched alkanes of at least 4 members (excludes halogenated alkanes) is 2. The van der Waals surface area contributed by atoms with Crippen LogP contribution in [0.5, 0.6) is 0 Å². The first-order valence-corrected chi connectivity index (χ1v) is 25.5. The summed E-state index contributed by atoms with van der Waals surface area (Å²) in [5, 5.41) is 41.1. The van der Waals surface area contributed by atoms with E-state index < -0.39 is 93.4 Å². The summed E-state index contributed by atoms with van der Waals surface area (Å²) in [7, 11) is -3.79. The number of benzene rings is 1. The highest BCUT2D eigenvalue weighted by atomic mass is 32.2. The fraction of sp³-hybridized carbons (Fsp3) is 0.652. The number of nitrogens with two attached hydrogens (primary N) is 1. The van der Waals surface area contributed by atoms with E-state index in [1.807, 2.05) is 12.1 Å². The summed E-state index contributed by atoms with van der Waals surface area (Å²) >= 11 is 0. The number of hydrogen-bond donors (Lipinski definition) is 7. The Morgan fingerprint density at radius 1 is 0.714 bits per heavy atom. The summed E-state index contributed by atoms with van der Waals surface area (Å²) in [6.07, 6.45) is 2.76. The molecular weight excluding hydrogens is 937 g/mol. The van der Waals surface area contributed by atoms with Gasteiger partial charge >= 0.3 is 11.9 Å². The molecule has 8 N–H and O–H groups in total. The second-order valence-electron chi connectivity index (χ2n) is 16.9. The molecule has 2 rings (SSSR count). The van der Waals surface area contributed by atoms with Crippen molar-refractivity contribution in [2.45, 2.75) is 128 Å². The Labute approximate surface area is 408 Å². The van der Waals surface area contributed by atoms with Crippen molar-refractivity contribution in [2.75, 3.05) is 62.9 Å². The molecule has 0 fully saturated rings. The zero-order valence-electron chi connectivity index (χ0n) is 40.0. The smallest absolute Gasteiger partial charge is 0.326 e. The monoisotopic (exact) mass is 1010 g/mol. The first-order chi connectivity index (χ1) is 33.4. The van der Waals surface area contributed by atoms with E-state index in [4.69, 9.17) is 15.2 Å². The predicted octanol–water partition coefficient (Wildman–Crippen LogP) is 2.70. The molecule has 0 unspecified atom stereocenters. The van der Waals surface area contributed by atoms with Gasteiger partial charge in [0.2, 0.25) is 17.7 Å². The molecule has 1 aliphatic heterocycles. The van der Waals surface area contributed by atoms with Crippen molar-refractivity contribution in [3.63, 3.8) is 0 Å². The van der Waals surface area contributed by atoms with Crippen LogP contribution in [0.15, 0.2) is 39.7 Å². The van der Waals surface area contributed by atoms with E-state index in [2.05, 4.69) is 43.6 Å². The van der Waals surface area contributed by atoms with Crippen LogP contribution in [0, 0.1) is 5.92 Å². The zero-order chi connectivity index (χ0) is 51.7. The minimum absolute atomic E-state index is 0.0339. The number of nitrogens with zero attached hydrogens (tertiary/aromatic N) is 3. The Morgan fingerprint density at radius 3 is 2.09 bits per heavy atom. The van der Waals surface area contributed by atoms with Gasteiger partial charge in [-0.15, -0.1) is 5.10 Å². The molecule has 1 heterocycles. The van der Waals surface area contributed by atoms with E-state index in [9.17, 15) is 61.8 Å². The van der Waals surface area contributed by atoms with Gasteiger partial charge in [0.25, 0.3) is 5.91 Å². The number of ether oxygens (including phenoxy) is 2. The van der Waals surface area contributed by atoms with E-state index in [0.29, 0.717) is 56.5 Å². The molecule has 0 bridgehead atoms. The maximum Gasteiger partial charge on any atom is 0.326 e. The molecule has 390 valence electrons. The first-order valence-electron chi connectivity index (χ1n) is 23.7. The third-order valence-electron chi connectivity index (χ3n) is 10.8. The van der Waals surface area contributed by atoms with Crippen molar-refractivity contribution in [1.29, 1.82) is 0 Å². The molecule has 1 aromatic rings. The van der Waals surface area contributed by atoms with Gasteiger partial charge in [-0.05, 0) is 93.7 Å². The number of carbonyl (C=O) groups excluding carboxylic acids is 7. The number of sulfone groups is 1. The third kappa shape index (κ3) is 27.9. The molecule has 23 nitrogen and oxygen atoms in total. The summed E-state index contributed by atoms with van der Waals surface area (Å²) in [4.78, 5) is 110. The maximum absolute atomic E-state index is 12.6. The fourth-order valence-electron chi connectivity index (χ4n) is 6.89. The Kier molecular flexibility index (Phi) is 29.5. The van der Waals surface area contributed by atoms with Crippen molar-refractivity contribution < 1.29 is 71.3 Å². The van der Waals surface area contributed by atoms with Crippen LogP contribution in [0.25, 0.3) is 0 Å². The van der Waals surface area contributed by atoms with Crippen LogP contribution in [-0.4, -0.2) is 147 Å². The first kappa shape index (κ1) is 60.1. The van der Waals surface area contributed by atoms with Gasteiger partial charge in [0, 0.05) is 69.5 Å². The largest absolute Gasteiger partial charge is 0.481 e. The highest BCUT2D eigenvalue weighted by Gasteiger charge is 2.26. The number of Topliss-reactive ketones (excluding diaryl/α,β-unsaturated/α-hetero) is 3. The standard InChI is InChI=1S/C46H70N8O15S/c1-2-3-22-48-34-17-14-32(15-18-34)44(61)49-23-5-4-13-39(43(47)60)51-42(59)30-69-26-25-68-24-7-11-36(55)19-20-40(46(64)65)52-41(58)21-16-33(45(62)63)28-37(56)12-8-27-70(66,67)31-38(57)10-6-9-35-29-50-54-53-35/h14-15,17-18,33,39-40,48H,2-13,16,19-31H2,1H3,(H2,47,60)(H,49,61)(H,51,59)(H,52,58)(H,62,63)(H,64,65)/t33-,39+,40+/m1/s1. The lowest BCUT2D eigenvalue weighted by atomic mass is 9.95. The fourth-order valence-corrected chi connectivity index (χ4v) is 8.25. The number of aliphatic carboxylic acids is 2. The Morgan fingerprint density at radius 2 is 1.41 bits per heavy atom. The van der Waals surface area contributed by atoms with Crippen LogP contribution in [0.3, 0.4) is 0 Å². The van der Waals surface area contributed by atoms with Gasteiger partial charge < -0.3 is 46.7 Å². The molecule has 24 heteroatoms. The molecular formula is C46H70N8O15S. The van der Waals surface area contributed by atoms with Crippen molar-refractivity contribution >= 4 is 74.2 Å². The normalized spacial score (nSPS) is 13.4. The number of rotatable bonds is 42. The van der Waals surface area contributed by atoms with Crippen molar-refractivity contribution in [1.82, 2.24) is 16.0 Å². The van der Waals surface area contributed by atoms with Gasteiger partial charge in [-0.3, -0.25) is 38.4 Å². The second-order valence-corrected chi connectivity index (χ2v) is 19.1. The summed E-state index contributed by atoms with van der Waals surface area (Å²) in [6.45, 7) is 3.63. The quantitative estimate of drug-likeness (QED) is 0.0463. The van der Waals surface area contributed by atoms with E-state index in [1.165, 1.54) is 0 Å². The average Bonchev–Trinajstić information content (AvgIpc) is 3.82. The molecule has 4 amide bonds. The molecule has 0 radical (unpaired) electrons. The van der Waals surface area contributed by atoms with Crippen LogP contribution < -0.4 is 27.0 Å². The van der Waals surface area contributed by atoms with Crippen molar-refractivity contribution in [3.05, 3.63) is 29.8 Å². The van der Waals surface area contributed by atoms with Crippen LogP contribution in [-0.2, 0) is 57.7 Å². The number of carboxylic acids is 2. The second kappa shape index (κ2) is 34.3. The minimum atomic E-state index is -3.79. The summed E-state index contributed by atoms with van der Waals surface area (Å²) in [5.74, 6) is -8.73. The Balaban J connectivity index is 1.55. The Bertz CT molecular complexity index is 2060. The zero-order valence-corrected chi connectivity index (χ0v) is 40.8. The number of hydrogen-bond acceptors (Lipinski definition) is 17. The molecule has 3 atom stereocenters. The van der Waals surface area contributed by atoms with Crippen LogP contribution in [0.4, 0.5) is 5.69 Å². The lowest BCUT2D eigenvalue weighted by molar-refractivity contribution is -0.145. The van der Waals surface area contributed by atoms with Gasteiger partial charge in [0.15, 0.2) is 9.84 Å². The van der Waals surface area contributed by atoms with Gasteiger partial charge in [0.05, 0.1) is 30.6 Å². The molecule has 0 saturated heterocycles. The molecule has 1 aromatic carbocycles. The van der Waals surface area contributed by atoms with Crippen molar-refractivity contribution in [3.8, 4) is 0 Å². The average molecular weight is 1010 g/mol. The minimum Gasteiger partial charge on any atom is -0.481 e. The van der Waals surface area contributed by atoms with Gasteiger partial charge in [-0.1, -0.05) is 13.3 Å². The van der Waals surface area contributed by atoms with E-state index in [-0.39, 0.29) is 89.5 Å². The predicted molar refractivity (Wildman–Crippen MR) is 256 cm³/mol. The lowest BCUT2D eigenvalue weighted by Crippen LogP contribution is -2.45. The molecule has 0 aromatic heterocycles. The summed E-state index contributed by atoms with van der Waals surface area (Å²) in [5.41, 5.74) is 7.64. The number of carbonyl (C=O) groups is 9. The molecule has 70 heavy (non-hydrogen) atoms. The topological polar surface area (TPSA) is 358 Å². The van der Waals surface area contributed by atoms with E-state index >= 15 is 0 Å². The SMILES string of the molecule is CCCCNc1ccc(C(=O)NCCCC[C@H](NC(=O)COCCOCCCC(=O)CC[C@H](NC(=O)CC[C@H](CC(=O)CCCS(=O)(=O)CC(=O)CCCC2=NN=NC2)C(=O)O)C(=O)O)C(N)=O)cc1. The lowest BCUT2D eigenvalue weighted by Gasteiger charge is -2.16. The summed E-state index contributed by atoms with van der Waals surface area (Å²) < 4.78 is 35.5. The third-order valence-corrected chi connectivity index (χ3v) is 12.5. The highest BCUT2D eigenvalue weighted by molar-refractivity contribution is 7.92. The van der Waals surface area contributed by atoms with E-state index in [1.54, 1.807) is 12.1 Å². The van der Waals surface area contributed by atoms with Crippen LogP contribution in [0.2, 0.25) is 0 Å². The van der Waals surface area contributed by atoms with Crippen LogP contribution in [0.1, 0.15) is 126 Å². The van der Waals surface area contributed by atoms with E-state index in [0.717, 1.165) is 25.1 Å². The summed E-state index contributed by atoms with van der Waals surface area (Å²) in [6, 6.07) is 4.84. The highest BCUT2D eigenvalue weighted by Crippen LogP contribution is 2.16. The number of nitrogens with one attached hydrogen (secondary N) is 4. The molecule has 1 aliphatic rings. The maximum atomic E-state index is 12.6. The number of anilines is 1. The number of amides is 4. The number of primary amides is 1. The van der Waals surface area contributed by atoms with Crippen LogP contribution >= 0.6 is 0 Å². The van der Waals surface area contributed by atoms with Gasteiger partial charge in [-0.25, -0.2) is 13.2 Å². The molecule has 0 saturated carbocycles. The molecule has 0 aliphatic carbocycles. The molecule has 0 spiro atoms. The number of carboxylic acid groups (broad SMARTS) is 2. The van der Waals surface area contributed by atoms with Gasteiger partial charge in [-0.2, -0.15) is 5.11 Å². The van der Waals surface area contributed by atoms with Crippen molar-refractivity contribution in [2.24, 2.45) is 27.1 Å².